The molecule has 1 heterocycles. The Hall–Kier alpha value is -3.06. The quantitative estimate of drug-likeness (QED) is 0.455. The summed E-state index contributed by atoms with van der Waals surface area (Å²) in [5, 5.41) is 8.29. The molecule has 1 aromatic heterocycles. The van der Waals surface area contributed by atoms with Crippen molar-refractivity contribution in [2.45, 2.75) is 45.7 Å². The third-order valence-corrected chi connectivity index (χ3v) is 6.41. The molecule has 2 N–H and O–H groups in total. The van der Waals surface area contributed by atoms with Crippen LogP contribution in [0.25, 0.3) is 10.9 Å². The summed E-state index contributed by atoms with van der Waals surface area (Å²) in [6, 6.07) is 14.7. The molecular weight excluding hydrogens is 426 g/mol. The van der Waals surface area contributed by atoms with Crippen molar-refractivity contribution in [3.63, 3.8) is 0 Å². The Bertz CT molecular complexity index is 1040. The minimum absolute atomic E-state index is 0. The second kappa shape index (κ2) is 11.9. The fourth-order valence-electron chi connectivity index (χ4n) is 4.52. The number of hydrogen-bond acceptors (Lipinski definition) is 7. The molecule has 0 unspecified atom stereocenters. The van der Waals surface area contributed by atoms with Crippen LogP contribution in [0.1, 0.15) is 38.7 Å². The minimum atomic E-state index is 0. The zero-order valence-corrected chi connectivity index (χ0v) is 20.1. The van der Waals surface area contributed by atoms with Crippen molar-refractivity contribution in [1.29, 1.82) is 0 Å². The van der Waals surface area contributed by atoms with E-state index in [0.717, 1.165) is 41.3 Å². The first kappa shape index (κ1) is 25.6. The molecular formula is C27H39N5O2. The fraction of sp³-hybridized carbons (Fsp3) is 0.481. The second-order valence-corrected chi connectivity index (χ2v) is 8.98. The highest BCUT2D eigenvalue weighted by atomic mass is 16.5. The van der Waals surface area contributed by atoms with E-state index in [9.17, 15) is 0 Å². The largest absolute Gasteiger partial charge is 0.497 e. The number of rotatable bonds is 9. The number of benzene rings is 2. The number of nitrogens with zero attached hydrogens (tertiary/aromatic N) is 3. The molecule has 4 rings (SSSR count). The molecule has 7 nitrogen and oxygen atoms in total. The Morgan fingerprint density at radius 3 is 2.26 bits per heavy atom. The van der Waals surface area contributed by atoms with E-state index in [0.29, 0.717) is 17.9 Å². The lowest BCUT2D eigenvalue weighted by Gasteiger charge is -2.29. The second-order valence-electron chi connectivity index (χ2n) is 8.98. The van der Waals surface area contributed by atoms with Crippen LogP contribution in [0, 0.1) is 5.92 Å². The van der Waals surface area contributed by atoms with E-state index in [4.69, 9.17) is 19.4 Å². The summed E-state index contributed by atoms with van der Waals surface area (Å²) in [5.41, 5.74) is 2.15. The zero-order chi connectivity index (χ0) is 23.2. The van der Waals surface area contributed by atoms with Crippen LogP contribution in [-0.4, -0.2) is 50.9 Å². The Labute approximate surface area is 203 Å². The third kappa shape index (κ3) is 6.29. The van der Waals surface area contributed by atoms with Gasteiger partial charge in [0.15, 0.2) is 0 Å². The van der Waals surface area contributed by atoms with Crippen LogP contribution in [-0.2, 0) is 6.54 Å². The van der Waals surface area contributed by atoms with E-state index in [1.54, 1.807) is 14.2 Å². The molecule has 3 aromatic rings. The number of anilines is 2. The molecule has 34 heavy (non-hydrogen) atoms. The smallest absolute Gasteiger partial charge is 0.225 e. The van der Waals surface area contributed by atoms with Crippen molar-refractivity contribution in [3.8, 4) is 11.5 Å². The average molecular weight is 466 g/mol. The Kier molecular flexibility index (Phi) is 8.93. The maximum atomic E-state index is 5.38. The van der Waals surface area contributed by atoms with Crippen LogP contribution in [0.3, 0.4) is 0 Å². The lowest BCUT2D eigenvalue weighted by Crippen LogP contribution is -2.34. The number of methoxy groups -OCH3 is 2. The van der Waals surface area contributed by atoms with E-state index in [1.807, 2.05) is 43.3 Å². The molecule has 0 bridgehead atoms. The first-order chi connectivity index (χ1) is 16.1. The van der Waals surface area contributed by atoms with Crippen LogP contribution in [0.15, 0.2) is 42.5 Å². The van der Waals surface area contributed by atoms with Gasteiger partial charge in [-0.15, -0.1) is 0 Å². The third-order valence-electron chi connectivity index (χ3n) is 6.41. The standard InChI is InChI=1S/C26H35N5O2.CH4/c1-31(2)25-23-7-5-6-8-24(23)29-26(30-25)28-16-18-9-11-20(12-10-18)27-17-19-13-21(32-3)15-22(14-19)33-4;/h5-8,13-15,18,20,27H,9-12,16-17H2,1-4H3,(H,28,29,30);1H4. The number of hydrogen-bond donors (Lipinski definition) is 2. The molecule has 0 atom stereocenters. The first-order valence-corrected chi connectivity index (χ1v) is 11.7. The van der Waals surface area contributed by atoms with Crippen LogP contribution in [0.2, 0.25) is 0 Å². The number of aromatic nitrogens is 2. The summed E-state index contributed by atoms with van der Waals surface area (Å²) in [6.07, 6.45) is 4.74. The van der Waals surface area contributed by atoms with Gasteiger partial charge in [-0.3, -0.25) is 0 Å². The average Bonchev–Trinajstić information content (AvgIpc) is 2.85. The van der Waals surface area contributed by atoms with Crippen molar-refractivity contribution in [2.24, 2.45) is 5.92 Å². The highest BCUT2D eigenvalue weighted by Gasteiger charge is 2.21. The molecule has 1 fully saturated rings. The van der Waals surface area contributed by atoms with Gasteiger partial charge in [0.05, 0.1) is 19.7 Å². The van der Waals surface area contributed by atoms with E-state index in [-0.39, 0.29) is 7.43 Å². The molecule has 0 spiro atoms. The van der Waals surface area contributed by atoms with Crippen molar-refractivity contribution in [3.05, 3.63) is 48.0 Å². The predicted octanol–water partition coefficient (Wildman–Crippen LogP) is 5.11. The van der Waals surface area contributed by atoms with Crippen molar-refractivity contribution >= 4 is 22.7 Å². The SMILES string of the molecule is C.COc1cc(CNC2CCC(CNc3nc(N(C)C)c4ccccc4n3)CC2)cc(OC)c1. The van der Waals surface area contributed by atoms with Gasteiger partial charge in [-0.2, -0.15) is 4.98 Å². The van der Waals surface area contributed by atoms with Crippen LogP contribution in [0.4, 0.5) is 11.8 Å². The fourth-order valence-corrected chi connectivity index (χ4v) is 4.52. The number of ether oxygens (including phenoxy) is 2. The van der Waals surface area contributed by atoms with Gasteiger partial charge in [0.1, 0.15) is 17.3 Å². The van der Waals surface area contributed by atoms with Crippen LogP contribution in [0.5, 0.6) is 11.5 Å². The molecule has 0 aliphatic heterocycles. The molecule has 184 valence electrons. The summed E-state index contributed by atoms with van der Waals surface area (Å²) in [7, 11) is 7.42. The Morgan fingerprint density at radius 2 is 1.62 bits per heavy atom. The molecule has 0 radical (unpaired) electrons. The Morgan fingerprint density at radius 1 is 0.941 bits per heavy atom. The predicted molar refractivity (Wildman–Crippen MR) is 141 cm³/mol. The lowest BCUT2D eigenvalue weighted by atomic mass is 9.86. The van der Waals surface area contributed by atoms with Gasteiger partial charge in [0, 0.05) is 44.7 Å². The normalized spacial score (nSPS) is 17.6. The zero-order valence-electron chi connectivity index (χ0n) is 20.1. The van der Waals surface area contributed by atoms with Crippen LogP contribution < -0.4 is 25.0 Å². The van der Waals surface area contributed by atoms with Gasteiger partial charge in [-0.25, -0.2) is 4.98 Å². The van der Waals surface area contributed by atoms with Gasteiger partial charge < -0.3 is 25.0 Å². The number of fused-ring (bicyclic) bond motifs is 1. The van der Waals surface area contributed by atoms with Gasteiger partial charge in [0.25, 0.3) is 0 Å². The van der Waals surface area contributed by atoms with E-state index >= 15 is 0 Å². The topological polar surface area (TPSA) is 71.5 Å². The molecule has 2 aromatic carbocycles. The van der Waals surface area contributed by atoms with Crippen LogP contribution >= 0.6 is 0 Å². The summed E-state index contributed by atoms with van der Waals surface area (Å²) < 4.78 is 10.8. The molecule has 0 saturated heterocycles. The molecule has 7 heteroatoms. The maximum Gasteiger partial charge on any atom is 0.225 e. The highest BCUT2D eigenvalue weighted by Crippen LogP contribution is 2.27. The molecule has 0 amide bonds. The van der Waals surface area contributed by atoms with Gasteiger partial charge in [-0.1, -0.05) is 19.6 Å². The number of para-hydroxylation sites is 1. The van der Waals surface area contributed by atoms with Gasteiger partial charge in [0.2, 0.25) is 5.95 Å². The van der Waals surface area contributed by atoms with E-state index < -0.39 is 0 Å². The molecule has 1 aliphatic rings. The van der Waals surface area contributed by atoms with Gasteiger partial charge in [-0.05, 0) is 61.4 Å². The maximum absolute atomic E-state index is 5.38. The lowest BCUT2D eigenvalue weighted by molar-refractivity contribution is 0.299. The van der Waals surface area contributed by atoms with Crippen molar-refractivity contribution < 1.29 is 9.47 Å². The monoisotopic (exact) mass is 465 g/mol. The van der Waals surface area contributed by atoms with Crippen molar-refractivity contribution in [2.75, 3.05) is 45.1 Å². The first-order valence-electron chi connectivity index (χ1n) is 11.7. The summed E-state index contributed by atoms with van der Waals surface area (Å²) >= 11 is 0. The van der Waals surface area contributed by atoms with E-state index in [1.165, 1.54) is 31.2 Å². The molecule has 1 saturated carbocycles. The summed E-state index contributed by atoms with van der Waals surface area (Å²) in [4.78, 5) is 11.5. The minimum Gasteiger partial charge on any atom is -0.497 e. The van der Waals surface area contributed by atoms with Crippen molar-refractivity contribution in [1.82, 2.24) is 15.3 Å². The Balaban J connectivity index is 0.00000324. The summed E-state index contributed by atoms with van der Waals surface area (Å²) in [6.45, 7) is 1.73. The number of nitrogens with one attached hydrogen (secondary N) is 2. The van der Waals surface area contributed by atoms with Gasteiger partial charge >= 0.3 is 0 Å². The highest BCUT2D eigenvalue weighted by molar-refractivity contribution is 5.90. The molecule has 1 aliphatic carbocycles. The van der Waals surface area contributed by atoms with E-state index in [2.05, 4.69) is 28.8 Å². The summed E-state index contributed by atoms with van der Waals surface area (Å²) in [5.74, 6) is 3.95.